The molecule has 2 rings (SSSR count). The van der Waals surface area contributed by atoms with Gasteiger partial charge in [0.2, 0.25) is 5.91 Å². The Labute approximate surface area is 121 Å². The Morgan fingerprint density at radius 2 is 2.25 bits per heavy atom. The number of aromatic nitrogens is 2. The number of imidazole rings is 1. The summed E-state index contributed by atoms with van der Waals surface area (Å²) in [6, 6.07) is 0.418. The van der Waals surface area contributed by atoms with Crippen molar-refractivity contribution >= 4 is 5.91 Å². The molecule has 5 heteroatoms. The molecular formula is C15H26N4O. The molecule has 0 aromatic carbocycles. The van der Waals surface area contributed by atoms with Crippen LogP contribution in [0.25, 0.3) is 0 Å². The molecule has 1 aliphatic heterocycles. The molecule has 0 saturated carbocycles. The number of nitrogens with zero attached hydrogens (tertiary/aromatic N) is 3. The summed E-state index contributed by atoms with van der Waals surface area (Å²) >= 11 is 0. The minimum Gasteiger partial charge on any atom is -0.354 e. The number of carbonyl (C=O) groups is 1. The summed E-state index contributed by atoms with van der Waals surface area (Å²) in [5.41, 5.74) is 2.23. The van der Waals surface area contributed by atoms with Crippen LogP contribution in [-0.4, -0.2) is 46.5 Å². The smallest absolute Gasteiger partial charge is 0.221 e. The molecule has 112 valence electrons. The van der Waals surface area contributed by atoms with Crippen LogP contribution in [0.2, 0.25) is 0 Å². The van der Waals surface area contributed by atoms with Crippen LogP contribution >= 0.6 is 0 Å². The topological polar surface area (TPSA) is 50.2 Å². The van der Waals surface area contributed by atoms with Crippen LogP contribution < -0.4 is 5.32 Å². The van der Waals surface area contributed by atoms with E-state index in [1.165, 1.54) is 18.5 Å². The van der Waals surface area contributed by atoms with Crippen molar-refractivity contribution in [3.63, 3.8) is 0 Å². The van der Waals surface area contributed by atoms with E-state index in [2.05, 4.69) is 33.7 Å². The number of rotatable bonds is 5. The van der Waals surface area contributed by atoms with Crippen LogP contribution in [0.3, 0.4) is 0 Å². The predicted octanol–water partition coefficient (Wildman–Crippen LogP) is 1.49. The monoisotopic (exact) mass is 278 g/mol. The first kappa shape index (κ1) is 15.0. The van der Waals surface area contributed by atoms with E-state index in [-0.39, 0.29) is 5.91 Å². The van der Waals surface area contributed by atoms with E-state index < -0.39 is 0 Å². The van der Waals surface area contributed by atoms with Gasteiger partial charge in [-0.3, -0.25) is 4.79 Å². The number of likely N-dealkylation sites (tertiary alicyclic amines) is 1. The van der Waals surface area contributed by atoms with E-state index in [0.29, 0.717) is 19.0 Å². The van der Waals surface area contributed by atoms with Crippen molar-refractivity contribution in [1.82, 2.24) is 19.8 Å². The highest BCUT2D eigenvalue weighted by atomic mass is 16.1. The number of amides is 1. The van der Waals surface area contributed by atoms with Crippen molar-refractivity contribution in [3.05, 3.63) is 17.7 Å². The number of piperidine rings is 1. The summed E-state index contributed by atoms with van der Waals surface area (Å²) in [6.45, 7) is 6.64. The lowest BCUT2D eigenvalue weighted by Gasteiger charge is -2.31. The molecule has 5 nitrogen and oxygen atoms in total. The van der Waals surface area contributed by atoms with E-state index in [1.807, 2.05) is 13.3 Å². The lowest BCUT2D eigenvalue weighted by molar-refractivity contribution is -0.122. The quantitative estimate of drug-likeness (QED) is 0.888. The third kappa shape index (κ3) is 3.82. The van der Waals surface area contributed by atoms with Gasteiger partial charge in [0, 0.05) is 31.2 Å². The Hall–Kier alpha value is -1.36. The summed E-state index contributed by atoms with van der Waals surface area (Å²) in [5.74, 6) is 0.165. The zero-order chi connectivity index (χ0) is 14.5. The molecule has 0 bridgehead atoms. The molecule has 1 aromatic rings. The van der Waals surface area contributed by atoms with Crippen molar-refractivity contribution in [2.75, 3.05) is 20.1 Å². The molecule has 1 atom stereocenters. The average Bonchev–Trinajstić information content (AvgIpc) is 2.73. The number of aryl methyl sites for hydroxylation is 1. The van der Waals surface area contributed by atoms with Crippen molar-refractivity contribution < 1.29 is 4.79 Å². The van der Waals surface area contributed by atoms with Crippen LogP contribution in [0.15, 0.2) is 6.33 Å². The molecule has 1 amide bonds. The van der Waals surface area contributed by atoms with Crippen molar-refractivity contribution in [2.45, 2.75) is 52.1 Å². The molecule has 20 heavy (non-hydrogen) atoms. The summed E-state index contributed by atoms with van der Waals surface area (Å²) in [7, 11) is 2.12. The van der Waals surface area contributed by atoms with E-state index in [1.54, 1.807) is 0 Å². The van der Waals surface area contributed by atoms with Gasteiger partial charge in [0.1, 0.15) is 0 Å². The van der Waals surface area contributed by atoms with Gasteiger partial charge in [0.25, 0.3) is 0 Å². The van der Waals surface area contributed by atoms with Crippen LogP contribution in [0, 0.1) is 13.8 Å². The molecule has 1 aliphatic rings. The molecule has 0 spiro atoms. The molecule has 0 radical (unpaired) electrons. The van der Waals surface area contributed by atoms with Gasteiger partial charge >= 0.3 is 0 Å². The van der Waals surface area contributed by atoms with Gasteiger partial charge in [-0.25, -0.2) is 4.98 Å². The average molecular weight is 278 g/mol. The first-order valence-electron chi connectivity index (χ1n) is 7.53. The Balaban J connectivity index is 1.71. The minimum absolute atomic E-state index is 0.165. The summed E-state index contributed by atoms with van der Waals surface area (Å²) in [4.78, 5) is 18.5. The normalized spacial score (nSPS) is 20.1. The molecule has 1 N–H and O–H groups in total. The van der Waals surface area contributed by atoms with Crippen LogP contribution in [-0.2, 0) is 11.3 Å². The third-order valence-corrected chi connectivity index (χ3v) is 4.36. The summed E-state index contributed by atoms with van der Waals surface area (Å²) < 4.78 is 2.09. The number of nitrogens with one attached hydrogen (secondary N) is 1. The molecule has 2 heterocycles. The molecule has 1 saturated heterocycles. The van der Waals surface area contributed by atoms with Gasteiger partial charge in [-0.2, -0.15) is 0 Å². The van der Waals surface area contributed by atoms with E-state index in [0.717, 1.165) is 25.2 Å². The second kappa shape index (κ2) is 6.88. The molecule has 0 aliphatic carbocycles. The van der Waals surface area contributed by atoms with Gasteiger partial charge in [0.05, 0.1) is 12.0 Å². The Kier molecular flexibility index (Phi) is 5.17. The largest absolute Gasteiger partial charge is 0.354 e. The lowest BCUT2D eigenvalue weighted by Crippen LogP contribution is -2.40. The number of hydrogen-bond donors (Lipinski definition) is 1. The highest BCUT2D eigenvalue weighted by Gasteiger charge is 2.21. The van der Waals surface area contributed by atoms with Crippen molar-refractivity contribution in [1.29, 1.82) is 0 Å². The van der Waals surface area contributed by atoms with Crippen LogP contribution in [0.5, 0.6) is 0 Å². The maximum Gasteiger partial charge on any atom is 0.221 e. The first-order chi connectivity index (χ1) is 9.58. The van der Waals surface area contributed by atoms with Gasteiger partial charge < -0.3 is 14.8 Å². The summed E-state index contributed by atoms with van der Waals surface area (Å²) in [5, 5.41) is 3.02. The fourth-order valence-electron chi connectivity index (χ4n) is 2.77. The molecule has 0 unspecified atom stereocenters. The predicted molar refractivity (Wildman–Crippen MR) is 79.6 cm³/mol. The second-order valence-electron chi connectivity index (χ2n) is 5.79. The van der Waals surface area contributed by atoms with E-state index >= 15 is 0 Å². The van der Waals surface area contributed by atoms with Crippen molar-refractivity contribution in [2.24, 2.45) is 0 Å². The number of carbonyl (C=O) groups excluding carboxylic acids is 1. The minimum atomic E-state index is 0.165. The summed E-state index contributed by atoms with van der Waals surface area (Å²) in [6.07, 6.45) is 6.11. The Morgan fingerprint density at radius 3 is 2.90 bits per heavy atom. The SMILES string of the molecule is Cc1ncn(CCNC(=O)C[C@@H]2CCCCN2C)c1C. The number of hydrogen-bond acceptors (Lipinski definition) is 3. The second-order valence-corrected chi connectivity index (χ2v) is 5.79. The van der Waals surface area contributed by atoms with Crippen molar-refractivity contribution in [3.8, 4) is 0 Å². The van der Waals surface area contributed by atoms with Gasteiger partial charge in [0.15, 0.2) is 0 Å². The van der Waals surface area contributed by atoms with Gasteiger partial charge in [-0.1, -0.05) is 6.42 Å². The Morgan fingerprint density at radius 1 is 1.45 bits per heavy atom. The maximum atomic E-state index is 12.0. The first-order valence-corrected chi connectivity index (χ1v) is 7.53. The standard InChI is InChI=1S/C15H26N4O/c1-12-13(2)19(11-17-12)9-7-16-15(20)10-14-6-4-5-8-18(14)3/h11,14H,4-10H2,1-3H3,(H,16,20)/t14-/m0/s1. The van der Waals surface area contributed by atoms with Gasteiger partial charge in [-0.05, 0) is 40.3 Å². The third-order valence-electron chi connectivity index (χ3n) is 4.36. The lowest BCUT2D eigenvalue weighted by atomic mass is 10.00. The van der Waals surface area contributed by atoms with Crippen LogP contribution in [0.1, 0.15) is 37.1 Å². The van der Waals surface area contributed by atoms with Crippen LogP contribution in [0.4, 0.5) is 0 Å². The fraction of sp³-hybridized carbons (Fsp3) is 0.733. The zero-order valence-electron chi connectivity index (χ0n) is 12.9. The maximum absolute atomic E-state index is 12.0. The highest BCUT2D eigenvalue weighted by Crippen LogP contribution is 2.17. The van der Waals surface area contributed by atoms with Gasteiger partial charge in [-0.15, -0.1) is 0 Å². The van der Waals surface area contributed by atoms with E-state index in [9.17, 15) is 4.79 Å². The Bertz CT molecular complexity index is 455. The molecule has 1 fully saturated rings. The zero-order valence-corrected chi connectivity index (χ0v) is 12.9. The highest BCUT2D eigenvalue weighted by molar-refractivity contribution is 5.76. The molecular weight excluding hydrogens is 252 g/mol. The molecule has 1 aromatic heterocycles. The van der Waals surface area contributed by atoms with E-state index in [4.69, 9.17) is 0 Å². The fourth-order valence-corrected chi connectivity index (χ4v) is 2.77.